The number of benzene rings is 1. The van der Waals surface area contributed by atoms with E-state index >= 15 is 0 Å². The van der Waals surface area contributed by atoms with Crippen LogP contribution in [0.4, 0.5) is 4.39 Å². The Balaban J connectivity index is 0.00000225. The molecule has 1 aromatic carbocycles. The highest BCUT2D eigenvalue weighted by molar-refractivity contribution is 5.85. The summed E-state index contributed by atoms with van der Waals surface area (Å²) in [4.78, 5) is 14.8. The number of nitrogens with zero attached hydrogens (tertiary/aromatic N) is 1. The highest BCUT2D eigenvalue weighted by Crippen LogP contribution is 2.37. The van der Waals surface area contributed by atoms with Gasteiger partial charge in [-0.2, -0.15) is 0 Å². The lowest BCUT2D eigenvalue weighted by molar-refractivity contribution is -0.133. The van der Waals surface area contributed by atoms with E-state index in [0.717, 1.165) is 26.1 Å². The van der Waals surface area contributed by atoms with E-state index in [1.54, 1.807) is 6.07 Å². The van der Waals surface area contributed by atoms with Crippen molar-refractivity contribution in [3.8, 4) is 0 Å². The third-order valence-electron chi connectivity index (χ3n) is 5.73. The molecule has 3 nitrogen and oxygen atoms in total. The summed E-state index contributed by atoms with van der Waals surface area (Å²) in [7, 11) is 0. The molecule has 0 bridgehead atoms. The molecule has 2 fully saturated rings. The zero-order valence-electron chi connectivity index (χ0n) is 15.2. The summed E-state index contributed by atoms with van der Waals surface area (Å²) in [6.45, 7) is 7.19. The van der Waals surface area contributed by atoms with Gasteiger partial charge < -0.3 is 10.2 Å². The average molecular weight is 369 g/mol. The lowest BCUT2D eigenvalue weighted by Gasteiger charge is -2.31. The maximum absolute atomic E-state index is 14.2. The number of halogens is 2. The predicted octanol–water partition coefficient (Wildman–Crippen LogP) is 4.18. The van der Waals surface area contributed by atoms with Gasteiger partial charge in [0.25, 0.3) is 0 Å². The standard InChI is InChI=1S/C20H29FN2O.ClH/c1-14-10-19(17-7-3-4-8-18(17)21)23(13-14)20(24)11-15(2)16-6-5-9-22-12-16;/h3-4,7-8,14-16,19,22H,5-6,9-13H2,1-2H3;1H. The van der Waals surface area contributed by atoms with Gasteiger partial charge in [-0.1, -0.05) is 32.0 Å². The van der Waals surface area contributed by atoms with Crippen molar-refractivity contribution >= 4 is 18.3 Å². The maximum atomic E-state index is 14.2. The number of carbonyl (C=O) groups is 1. The molecule has 1 N–H and O–H groups in total. The molecule has 0 saturated carbocycles. The van der Waals surface area contributed by atoms with E-state index in [1.165, 1.54) is 18.9 Å². The molecule has 25 heavy (non-hydrogen) atoms. The molecule has 1 aromatic rings. The third-order valence-corrected chi connectivity index (χ3v) is 5.73. The number of hydrogen-bond acceptors (Lipinski definition) is 2. The van der Waals surface area contributed by atoms with Crippen molar-refractivity contribution in [1.82, 2.24) is 10.2 Å². The molecule has 4 unspecified atom stereocenters. The minimum absolute atomic E-state index is 0. The Labute approximate surface area is 156 Å². The van der Waals surface area contributed by atoms with Crippen molar-refractivity contribution in [3.05, 3.63) is 35.6 Å². The summed E-state index contributed by atoms with van der Waals surface area (Å²) in [6.07, 6.45) is 3.83. The first-order chi connectivity index (χ1) is 11.6. The summed E-state index contributed by atoms with van der Waals surface area (Å²) in [5.41, 5.74) is 0.669. The first-order valence-electron chi connectivity index (χ1n) is 9.31. The quantitative estimate of drug-likeness (QED) is 0.864. The van der Waals surface area contributed by atoms with Gasteiger partial charge in [0.05, 0.1) is 6.04 Å². The first kappa shape index (κ1) is 20.2. The molecule has 0 aromatic heterocycles. The largest absolute Gasteiger partial charge is 0.335 e. The van der Waals surface area contributed by atoms with E-state index in [9.17, 15) is 9.18 Å². The molecule has 140 valence electrons. The van der Waals surface area contributed by atoms with Gasteiger partial charge in [-0.25, -0.2) is 4.39 Å². The predicted molar refractivity (Wildman–Crippen MR) is 101 cm³/mol. The van der Waals surface area contributed by atoms with Crippen molar-refractivity contribution in [2.75, 3.05) is 19.6 Å². The van der Waals surface area contributed by atoms with Crippen LogP contribution in [0.15, 0.2) is 24.3 Å². The number of piperidine rings is 1. The summed E-state index contributed by atoms with van der Waals surface area (Å²) in [5, 5.41) is 3.43. The molecule has 2 saturated heterocycles. The molecule has 1 amide bonds. The van der Waals surface area contributed by atoms with Gasteiger partial charge >= 0.3 is 0 Å². The van der Waals surface area contributed by atoms with Gasteiger partial charge in [0.1, 0.15) is 5.82 Å². The SMILES string of the molecule is CC1CC(c2ccccc2F)N(C(=O)CC(C)C2CCCNC2)C1.Cl. The zero-order valence-corrected chi connectivity index (χ0v) is 16.0. The number of likely N-dealkylation sites (tertiary alicyclic amines) is 1. The minimum atomic E-state index is -0.195. The van der Waals surface area contributed by atoms with Crippen LogP contribution >= 0.6 is 12.4 Å². The lowest BCUT2D eigenvalue weighted by atomic mass is 9.85. The van der Waals surface area contributed by atoms with E-state index in [-0.39, 0.29) is 30.2 Å². The Bertz CT molecular complexity index is 577. The number of rotatable bonds is 4. The van der Waals surface area contributed by atoms with Crippen LogP contribution in [0, 0.1) is 23.6 Å². The van der Waals surface area contributed by atoms with Gasteiger partial charge in [0.15, 0.2) is 0 Å². The van der Waals surface area contributed by atoms with Crippen molar-refractivity contribution in [2.24, 2.45) is 17.8 Å². The molecule has 2 aliphatic rings. The Morgan fingerprint density at radius 2 is 2.16 bits per heavy atom. The van der Waals surface area contributed by atoms with Crippen LogP contribution in [0.1, 0.15) is 51.1 Å². The van der Waals surface area contributed by atoms with Gasteiger partial charge in [-0.05, 0) is 56.2 Å². The highest BCUT2D eigenvalue weighted by Gasteiger charge is 2.36. The Morgan fingerprint density at radius 1 is 1.40 bits per heavy atom. The van der Waals surface area contributed by atoms with Crippen LogP contribution in [-0.2, 0) is 4.79 Å². The van der Waals surface area contributed by atoms with E-state index in [0.29, 0.717) is 29.7 Å². The fourth-order valence-electron chi connectivity index (χ4n) is 4.29. The second kappa shape index (κ2) is 9.00. The smallest absolute Gasteiger partial charge is 0.223 e. The molecular formula is C20H30ClFN2O. The summed E-state index contributed by atoms with van der Waals surface area (Å²) < 4.78 is 14.2. The number of amides is 1. The van der Waals surface area contributed by atoms with E-state index in [4.69, 9.17) is 0 Å². The molecule has 2 heterocycles. The fourth-order valence-corrected chi connectivity index (χ4v) is 4.29. The first-order valence-corrected chi connectivity index (χ1v) is 9.31. The van der Waals surface area contributed by atoms with Crippen LogP contribution < -0.4 is 5.32 Å². The van der Waals surface area contributed by atoms with E-state index < -0.39 is 0 Å². The monoisotopic (exact) mass is 368 g/mol. The van der Waals surface area contributed by atoms with Crippen LogP contribution in [0.25, 0.3) is 0 Å². The molecule has 0 radical (unpaired) electrons. The number of nitrogens with one attached hydrogen (secondary N) is 1. The second-order valence-electron chi connectivity index (χ2n) is 7.71. The fraction of sp³-hybridized carbons (Fsp3) is 0.650. The minimum Gasteiger partial charge on any atom is -0.335 e. The second-order valence-corrected chi connectivity index (χ2v) is 7.71. The van der Waals surface area contributed by atoms with E-state index in [1.807, 2.05) is 17.0 Å². The Hall–Kier alpha value is -1.13. The van der Waals surface area contributed by atoms with Crippen LogP contribution in [-0.4, -0.2) is 30.4 Å². The zero-order chi connectivity index (χ0) is 17.1. The number of carbonyl (C=O) groups excluding carboxylic acids is 1. The normalized spacial score (nSPS) is 27.6. The molecule has 0 spiro atoms. The van der Waals surface area contributed by atoms with Gasteiger partial charge in [-0.15, -0.1) is 12.4 Å². The summed E-state index contributed by atoms with van der Waals surface area (Å²) >= 11 is 0. The molecule has 2 aliphatic heterocycles. The molecule has 5 heteroatoms. The molecular weight excluding hydrogens is 339 g/mol. The van der Waals surface area contributed by atoms with Gasteiger partial charge in [0.2, 0.25) is 5.91 Å². The highest BCUT2D eigenvalue weighted by atomic mass is 35.5. The Morgan fingerprint density at radius 3 is 2.84 bits per heavy atom. The topological polar surface area (TPSA) is 32.3 Å². The van der Waals surface area contributed by atoms with Crippen LogP contribution in [0.3, 0.4) is 0 Å². The molecule has 0 aliphatic carbocycles. The Kier molecular flexibility index (Phi) is 7.26. The molecule has 3 rings (SSSR count). The third kappa shape index (κ3) is 4.73. The van der Waals surface area contributed by atoms with Crippen LogP contribution in [0.2, 0.25) is 0 Å². The molecule has 4 atom stereocenters. The van der Waals surface area contributed by atoms with Crippen molar-refractivity contribution < 1.29 is 9.18 Å². The van der Waals surface area contributed by atoms with Crippen LogP contribution in [0.5, 0.6) is 0 Å². The van der Waals surface area contributed by atoms with Gasteiger partial charge in [-0.3, -0.25) is 4.79 Å². The number of hydrogen-bond donors (Lipinski definition) is 1. The van der Waals surface area contributed by atoms with Crippen molar-refractivity contribution in [2.45, 2.75) is 45.6 Å². The van der Waals surface area contributed by atoms with Gasteiger partial charge in [0, 0.05) is 18.5 Å². The van der Waals surface area contributed by atoms with Crippen molar-refractivity contribution in [1.29, 1.82) is 0 Å². The summed E-state index contributed by atoms with van der Waals surface area (Å²) in [5.74, 6) is 1.37. The van der Waals surface area contributed by atoms with E-state index in [2.05, 4.69) is 19.2 Å². The lowest BCUT2D eigenvalue weighted by Crippen LogP contribution is -2.37. The van der Waals surface area contributed by atoms with Crippen molar-refractivity contribution in [3.63, 3.8) is 0 Å². The summed E-state index contributed by atoms with van der Waals surface area (Å²) in [6, 6.07) is 6.79. The maximum Gasteiger partial charge on any atom is 0.223 e. The average Bonchev–Trinajstić information content (AvgIpc) is 2.98.